The number of nitrogens with two attached hydrogens (primary N) is 1. The molecule has 3 rings (SSSR count). The van der Waals surface area contributed by atoms with Gasteiger partial charge in [0.05, 0.1) is 7.11 Å². The Morgan fingerprint density at radius 3 is 2.91 bits per heavy atom. The zero-order valence-corrected chi connectivity index (χ0v) is 13.5. The van der Waals surface area contributed by atoms with Crippen molar-refractivity contribution >= 4 is 11.6 Å². The van der Waals surface area contributed by atoms with Crippen molar-refractivity contribution in [2.24, 2.45) is 10.7 Å². The van der Waals surface area contributed by atoms with E-state index in [-0.39, 0.29) is 0 Å². The molecule has 0 fully saturated rings. The number of aryl methyl sites for hydroxylation is 2. The smallest absolute Gasteiger partial charge is 0.193 e. The molecule has 4 heteroatoms. The van der Waals surface area contributed by atoms with Gasteiger partial charge >= 0.3 is 0 Å². The van der Waals surface area contributed by atoms with Crippen LogP contribution in [0.3, 0.4) is 0 Å². The number of anilines is 1. The number of methoxy groups -OCH3 is 1. The van der Waals surface area contributed by atoms with Crippen molar-refractivity contribution in [3.63, 3.8) is 0 Å². The molecule has 4 nitrogen and oxygen atoms in total. The fourth-order valence-electron chi connectivity index (χ4n) is 2.97. The summed E-state index contributed by atoms with van der Waals surface area (Å²) in [6.45, 7) is 0.650. The molecule has 0 radical (unpaired) electrons. The number of benzene rings is 2. The van der Waals surface area contributed by atoms with Crippen molar-refractivity contribution < 1.29 is 4.74 Å². The summed E-state index contributed by atoms with van der Waals surface area (Å²) in [5.74, 6) is 1.33. The largest absolute Gasteiger partial charge is 0.497 e. The minimum atomic E-state index is 0.464. The van der Waals surface area contributed by atoms with Crippen molar-refractivity contribution in [3.8, 4) is 5.75 Å². The Balaban J connectivity index is 1.55. The molecule has 1 aliphatic rings. The standard InChI is InChI=1S/C19H23N3O/c1-23-18-7-2-4-14(12-18)10-11-21-19(20)22-17-9-8-15-5-3-6-16(15)13-17/h2,4,7-9,12-13H,3,5-6,10-11H2,1H3,(H3,20,21,22). The van der Waals surface area contributed by atoms with Crippen molar-refractivity contribution in [2.75, 3.05) is 19.0 Å². The van der Waals surface area contributed by atoms with Crippen LogP contribution in [-0.2, 0) is 19.3 Å². The summed E-state index contributed by atoms with van der Waals surface area (Å²) in [6.07, 6.45) is 4.45. The normalized spacial score (nSPS) is 13.7. The highest BCUT2D eigenvalue weighted by atomic mass is 16.5. The predicted molar refractivity (Wildman–Crippen MR) is 95.3 cm³/mol. The molecule has 1 aliphatic carbocycles. The maximum Gasteiger partial charge on any atom is 0.193 e. The van der Waals surface area contributed by atoms with Gasteiger partial charge in [0.15, 0.2) is 5.96 Å². The van der Waals surface area contributed by atoms with Crippen LogP contribution in [0.25, 0.3) is 0 Å². The number of hydrogen-bond donors (Lipinski definition) is 2. The van der Waals surface area contributed by atoms with Gasteiger partial charge in [0.2, 0.25) is 0 Å². The summed E-state index contributed by atoms with van der Waals surface area (Å²) in [5.41, 5.74) is 11.1. The minimum absolute atomic E-state index is 0.464. The van der Waals surface area contributed by atoms with Gasteiger partial charge in [0.1, 0.15) is 5.75 Å². The Labute approximate surface area is 137 Å². The SMILES string of the molecule is COc1cccc(CCN=C(N)Nc2ccc3c(c2)CCC3)c1. The van der Waals surface area contributed by atoms with Gasteiger partial charge in [0.25, 0.3) is 0 Å². The molecule has 2 aromatic carbocycles. The molecule has 0 aliphatic heterocycles. The Bertz CT molecular complexity index is 710. The van der Waals surface area contributed by atoms with Crippen LogP contribution in [0.2, 0.25) is 0 Å². The lowest BCUT2D eigenvalue weighted by molar-refractivity contribution is 0.414. The molecule has 0 bridgehead atoms. The maximum atomic E-state index is 5.99. The van der Waals surface area contributed by atoms with Crippen LogP contribution < -0.4 is 15.8 Å². The average Bonchev–Trinajstić information content (AvgIpc) is 3.02. The molecule has 0 saturated carbocycles. The van der Waals surface area contributed by atoms with Gasteiger partial charge in [-0.1, -0.05) is 18.2 Å². The molecule has 120 valence electrons. The summed E-state index contributed by atoms with van der Waals surface area (Å²) in [5, 5.41) is 3.18. The molecule has 0 saturated heterocycles. The summed E-state index contributed by atoms with van der Waals surface area (Å²) in [4.78, 5) is 4.41. The number of ether oxygens (including phenoxy) is 1. The van der Waals surface area contributed by atoms with E-state index < -0.39 is 0 Å². The molecule has 0 aromatic heterocycles. The monoisotopic (exact) mass is 309 g/mol. The molecule has 0 heterocycles. The second-order valence-corrected chi connectivity index (χ2v) is 5.83. The number of aliphatic imine (C=N–C) groups is 1. The molecule has 2 aromatic rings. The topological polar surface area (TPSA) is 59.6 Å². The third-order valence-corrected chi connectivity index (χ3v) is 4.19. The van der Waals surface area contributed by atoms with Crippen LogP contribution in [0.1, 0.15) is 23.1 Å². The zero-order chi connectivity index (χ0) is 16.1. The minimum Gasteiger partial charge on any atom is -0.497 e. The summed E-state index contributed by atoms with van der Waals surface area (Å²) >= 11 is 0. The Hall–Kier alpha value is -2.49. The fraction of sp³-hybridized carbons (Fsp3) is 0.316. The quantitative estimate of drug-likeness (QED) is 0.659. The number of rotatable bonds is 5. The highest BCUT2D eigenvalue weighted by Gasteiger charge is 2.10. The highest BCUT2D eigenvalue weighted by molar-refractivity contribution is 5.92. The second-order valence-electron chi connectivity index (χ2n) is 5.83. The fourth-order valence-corrected chi connectivity index (χ4v) is 2.97. The van der Waals surface area contributed by atoms with Crippen LogP contribution >= 0.6 is 0 Å². The first-order chi connectivity index (χ1) is 11.2. The zero-order valence-electron chi connectivity index (χ0n) is 13.5. The first-order valence-corrected chi connectivity index (χ1v) is 8.06. The van der Waals surface area contributed by atoms with Crippen LogP contribution in [-0.4, -0.2) is 19.6 Å². The molecule has 23 heavy (non-hydrogen) atoms. The van der Waals surface area contributed by atoms with E-state index in [1.54, 1.807) is 7.11 Å². The van der Waals surface area contributed by atoms with Crippen LogP contribution in [0.15, 0.2) is 47.5 Å². The average molecular weight is 309 g/mol. The van der Waals surface area contributed by atoms with E-state index in [9.17, 15) is 0 Å². The summed E-state index contributed by atoms with van der Waals surface area (Å²) < 4.78 is 5.22. The van der Waals surface area contributed by atoms with Gasteiger partial charge in [-0.05, 0) is 66.6 Å². The molecule has 0 atom stereocenters. The van der Waals surface area contributed by atoms with Crippen LogP contribution in [0.4, 0.5) is 5.69 Å². The van der Waals surface area contributed by atoms with Gasteiger partial charge in [-0.15, -0.1) is 0 Å². The Kier molecular flexibility index (Phi) is 4.81. The van der Waals surface area contributed by atoms with Gasteiger partial charge < -0.3 is 15.8 Å². The van der Waals surface area contributed by atoms with Crippen molar-refractivity contribution in [3.05, 3.63) is 59.2 Å². The number of nitrogens with zero attached hydrogens (tertiary/aromatic N) is 1. The second kappa shape index (κ2) is 7.18. The molecule has 0 spiro atoms. The van der Waals surface area contributed by atoms with E-state index in [1.165, 1.54) is 29.5 Å². The van der Waals surface area contributed by atoms with Crippen molar-refractivity contribution in [1.29, 1.82) is 0 Å². The van der Waals surface area contributed by atoms with E-state index >= 15 is 0 Å². The third-order valence-electron chi connectivity index (χ3n) is 4.19. The van der Waals surface area contributed by atoms with Gasteiger partial charge in [0, 0.05) is 12.2 Å². The molecule has 0 amide bonds. The van der Waals surface area contributed by atoms with E-state index in [0.717, 1.165) is 24.3 Å². The van der Waals surface area contributed by atoms with E-state index in [1.807, 2.05) is 18.2 Å². The molecule has 0 unspecified atom stereocenters. The lowest BCUT2D eigenvalue weighted by Gasteiger charge is -2.08. The van der Waals surface area contributed by atoms with Crippen molar-refractivity contribution in [1.82, 2.24) is 0 Å². The molecule has 3 N–H and O–H groups in total. The van der Waals surface area contributed by atoms with E-state index in [0.29, 0.717) is 12.5 Å². The first kappa shape index (κ1) is 15.4. The van der Waals surface area contributed by atoms with E-state index in [4.69, 9.17) is 10.5 Å². The Morgan fingerprint density at radius 2 is 2.04 bits per heavy atom. The lowest BCUT2D eigenvalue weighted by atomic mass is 10.1. The van der Waals surface area contributed by atoms with E-state index in [2.05, 4.69) is 34.6 Å². The molecular weight excluding hydrogens is 286 g/mol. The number of hydrogen-bond acceptors (Lipinski definition) is 2. The van der Waals surface area contributed by atoms with Crippen LogP contribution in [0.5, 0.6) is 5.75 Å². The highest BCUT2D eigenvalue weighted by Crippen LogP contribution is 2.24. The van der Waals surface area contributed by atoms with Crippen molar-refractivity contribution in [2.45, 2.75) is 25.7 Å². The van der Waals surface area contributed by atoms with Crippen LogP contribution in [0, 0.1) is 0 Å². The Morgan fingerprint density at radius 1 is 1.17 bits per heavy atom. The summed E-state index contributed by atoms with van der Waals surface area (Å²) in [7, 11) is 1.68. The summed E-state index contributed by atoms with van der Waals surface area (Å²) in [6, 6.07) is 14.5. The number of fused-ring (bicyclic) bond motifs is 1. The van der Waals surface area contributed by atoms with Gasteiger partial charge in [-0.3, -0.25) is 4.99 Å². The number of nitrogens with one attached hydrogen (secondary N) is 1. The van der Waals surface area contributed by atoms with Gasteiger partial charge in [-0.25, -0.2) is 0 Å². The number of guanidine groups is 1. The maximum absolute atomic E-state index is 5.99. The first-order valence-electron chi connectivity index (χ1n) is 8.06. The predicted octanol–water partition coefficient (Wildman–Crippen LogP) is 3.15. The third kappa shape index (κ3) is 4.03. The van der Waals surface area contributed by atoms with Gasteiger partial charge in [-0.2, -0.15) is 0 Å². The molecular formula is C19H23N3O. The lowest BCUT2D eigenvalue weighted by Crippen LogP contribution is -2.23.